The molecule has 94 valence electrons. The van der Waals surface area contributed by atoms with Crippen molar-refractivity contribution in [1.82, 2.24) is 9.97 Å². The van der Waals surface area contributed by atoms with Crippen molar-refractivity contribution < 1.29 is 0 Å². The monoisotopic (exact) mass is 250 g/mol. The molecule has 0 saturated heterocycles. The number of nitrogens with one attached hydrogen (secondary N) is 1. The molecular weight excluding hydrogens is 236 g/mol. The molecule has 0 fully saturated rings. The van der Waals surface area contributed by atoms with Crippen LogP contribution in [-0.4, -0.2) is 9.97 Å². The van der Waals surface area contributed by atoms with E-state index in [1.54, 1.807) is 12.4 Å². The highest BCUT2D eigenvalue weighted by atomic mass is 15.0. The van der Waals surface area contributed by atoms with Crippen LogP contribution in [0.3, 0.4) is 0 Å². The number of aromatic nitrogens is 2. The number of hydrogen-bond acceptors (Lipinski definition) is 4. The summed E-state index contributed by atoms with van der Waals surface area (Å²) in [4.78, 5) is 8.47. The van der Waals surface area contributed by atoms with Crippen LogP contribution in [0.4, 0.5) is 11.5 Å². The third-order valence-corrected chi connectivity index (χ3v) is 2.97. The first-order valence-electron chi connectivity index (χ1n) is 6.10. The second kappa shape index (κ2) is 4.94. The molecule has 0 saturated carbocycles. The second-order valence-corrected chi connectivity index (χ2v) is 4.35. The van der Waals surface area contributed by atoms with Crippen LogP contribution in [0.5, 0.6) is 0 Å². The SMILES string of the molecule is Nc1ccc2c(NCc3cccnc3)nccc2c1. The lowest BCUT2D eigenvalue weighted by atomic mass is 10.1. The molecule has 0 unspecified atom stereocenters. The zero-order valence-corrected chi connectivity index (χ0v) is 10.4. The summed E-state index contributed by atoms with van der Waals surface area (Å²) in [6.45, 7) is 0.699. The molecule has 1 aromatic carbocycles. The second-order valence-electron chi connectivity index (χ2n) is 4.35. The van der Waals surface area contributed by atoms with Gasteiger partial charge in [0.2, 0.25) is 0 Å². The highest BCUT2D eigenvalue weighted by Gasteiger charge is 2.02. The Morgan fingerprint density at radius 1 is 1.11 bits per heavy atom. The minimum atomic E-state index is 0.699. The summed E-state index contributed by atoms with van der Waals surface area (Å²) >= 11 is 0. The summed E-state index contributed by atoms with van der Waals surface area (Å²) in [5.41, 5.74) is 7.67. The minimum absolute atomic E-state index is 0.699. The third-order valence-electron chi connectivity index (χ3n) is 2.97. The number of nitrogens with zero attached hydrogens (tertiary/aromatic N) is 2. The molecule has 0 aliphatic rings. The number of hydrogen-bond donors (Lipinski definition) is 2. The highest BCUT2D eigenvalue weighted by Crippen LogP contribution is 2.23. The first-order valence-corrected chi connectivity index (χ1v) is 6.10. The van der Waals surface area contributed by atoms with Crippen molar-refractivity contribution in [2.45, 2.75) is 6.54 Å². The number of anilines is 2. The smallest absolute Gasteiger partial charge is 0.134 e. The summed E-state index contributed by atoms with van der Waals surface area (Å²) in [6.07, 6.45) is 5.39. The molecule has 3 N–H and O–H groups in total. The molecule has 0 spiro atoms. The van der Waals surface area contributed by atoms with Gasteiger partial charge in [0, 0.05) is 36.2 Å². The van der Waals surface area contributed by atoms with Crippen molar-refractivity contribution in [2.24, 2.45) is 0 Å². The van der Waals surface area contributed by atoms with Gasteiger partial charge in [-0.3, -0.25) is 4.98 Å². The number of nitrogen functional groups attached to an aromatic ring is 1. The summed E-state index contributed by atoms with van der Waals surface area (Å²) in [7, 11) is 0. The fourth-order valence-electron chi connectivity index (χ4n) is 2.03. The Hall–Kier alpha value is -2.62. The quantitative estimate of drug-likeness (QED) is 0.702. The van der Waals surface area contributed by atoms with Crippen LogP contribution >= 0.6 is 0 Å². The number of benzene rings is 1. The Balaban J connectivity index is 1.89. The van der Waals surface area contributed by atoms with Crippen LogP contribution in [0.1, 0.15) is 5.56 Å². The molecule has 0 atom stereocenters. The molecule has 0 radical (unpaired) electrons. The Morgan fingerprint density at radius 3 is 2.89 bits per heavy atom. The van der Waals surface area contributed by atoms with Gasteiger partial charge in [-0.2, -0.15) is 0 Å². The average Bonchev–Trinajstić information content (AvgIpc) is 2.45. The predicted octanol–water partition coefficient (Wildman–Crippen LogP) is 2.82. The molecule has 0 aliphatic carbocycles. The van der Waals surface area contributed by atoms with E-state index in [-0.39, 0.29) is 0 Å². The van der Waals surface area contributed by atoms with Gasteiger partial charge in [-0.15, -0.1) is 0 Å². The molecule has 19 heavy (non-hydrogen) atoms. The molecule has 0 aliphatic heterocycles. The molecule has 0 amide bonds. The maximum Gasteiger partial charge on any atom is 0.134 e. The summed E-state index contributed by atoms with van der Waals surface area (Å²) < 4.78 is 0. The zero-order valence-electron chi connectivity index (χ0n) is 10.4. The number of fused-ring (bicyclic) bond motifs is 1. The minimum Gasteiger partial charge on any atom is -0.399 e. The van der Waals surface area contributed by atoms with Crippen molar-refractivity contribution in [3.63, 3.8) is 0 Å². The van der Waals surface area contributed by atoms with Gasteiger partial charge in [0.1, 0.15) is 5.82 Å². The van der Waals surface area contributed by atoms with Crippen LogP contribution in [0.15, 0.2) is 55.0 Å². The molecule has 4 nitrogen and oxygen atoms in total. The maximum absolute atomic E-state index is 5.79. The van der Waals surface area contributed by atoms with Gasteiger partial charge >= 0.3 is 0 Å². The van der Waals surface area contributed by atoms with Crippen LogP contribution in [-0.2, 0) is 6.54 Å². The van der Waals surface area contributed by atoms with Gasteiger partial charge in [-0.05, 0) is 41.3 Å². The normalized spacial score (nSPS) is 10.5. The first-order chi connectivity index (χ1) is 9.33. The number of nitrogens with two attached hydrogens (primary N) is 1. The lowest BCUT2D eigenvalue weighted by molar-refractivity contribution is 1.09. The van der Waals surface area contributed by atoms with Gasteiger partial charge in [0.05, 0.1) is 0 Å². The largest absolute Gasteiger partial charge is 0.399 e. The van der Waals surface area contributed by atoms with E-state index in [2.05, 4.69) is 15.3 Å². The van der Waals surface area contributed by atoms with E-state index in [9.17, 15) is 0 Å². The first kappa shape index (κ1) is 11.5. The van der Waals surface area contributed by atoms with E-state index in [1.165, 1.54) is 0 Å². The van der Waals surface area contributed by atoms with Crippen molar-refractivity contribution in [3.8, 4) is 0 Å². The van der Waals surface area contributed by atoms with E-state index >= 15 is 0 Å². The van der Waals surface area contributed by atoms with Crippen LogP contribution < -0.4 is 11.1 Å². The summed E-state index contributed by atoms with van der Waals surface area (Å²) in [5, 5.41) is 5.49. The van der Waals surface area contributed by atoms with Gasteiger partial charge in [0.15, 0.2) is 0 Å². The molecule has 3 rings (SSSR count). The van der Waals surface area contributed by atoms with Gasteiger partial charge in [-0.25, -0.2) is 4.98 Å². The van der Waals surface area contributed by atoms with Crippen molar-refractivity contribution >= 4 is 22.3 Å². The Morgan fingerprint density at radius 2 is 2.05 bits per heavy atom. The molecule has 2 heterocycles. The van der Waals surface area contributed by atoms with E-state index in [0.717, 1.165) is 27.8 Å². The molecule has 4 heteroatoms. The van der Waals surface area contributed by atoms with Crippen LogP contribution in [0, 0.1) is 0 Å². The predicted molar refractivity (Wildman–Crippen MR) is 77.7 cm³/mol. The fraction of sp³-hybridized carbons (Fsp3) is 0.0667. The molecule has 3 aromatic rings. The van der Waals surface area contributed by atoms with Crippen LogP contribution in [0.2, 0.25) is 0 Å². The highest BCUT2D eigenvalue weighted by molar-refractivity contribution is 5.93. The molecule has 2 aromatic heterocycles. The van der Waals surface area contributed by atoms with Crippen molar-refractivity contribution in [3.05, 3.63) is 60.6 Å². The van der Waals surface area contributed by atoms with Gasteiger partial charge in [0.25, 0.3) is 0 Å². The number of pyridine rings is 2. The average molecular weight is 250 g/mol. The summed E-state index contributed by atoms with van der Waals surface area (Å²) in [6, 6.07) is 11.7. The Labute approximate surface area is 111 Å². The van der Waals surface area contributed by atoms with Gasteiger partial charge < -0.3 is 11.1 Å². The van der Waals surface area contributed by atoms with Crippen LogP contribution in [0.25, 0.3) is 10.8 Å². The summed E-state index contributed by atoms with van der Waals surface area (Å²) in [5.74, 6) is 0.862. The standard InChI is InChI=1S/C15H14N4/c16-13-3-4-14-12(8-13)5-7-18-15(14)19-10-11-2-1-6-17-9-11/h1-9H,10,16H2,(H,18,19). The lowest BCUT2D eigenvalue weighted by Gasteiger charge is -2.09. The third kappa shape index (κ3) is 2.47. The topological polar surface area (TPSA) is 63.8 Å². The number of rotatable bonds is 3. The van der Waals surface area contributed by atoms with Gasteiger partial charge in [-0.1, -0.05) is 6.07 Å². The van der Waals surface area contributed by atoms with E-state index < -0.39 is 0 Å². The van der Waals surface area contributed by atoms with E-state index in [4.69, 9.17) is 5.73 Å². The Bertz CT molecular complexity index is 695. The zero-order chi connectivity index (χ0) is 13.1. The molecule has 0 bridgehead atoms. The molecular formula is C15H14N4. The Kier molecular flexibility index (Phi) is 2.98. The lowest BCUT2D eigenvalue weighted by Crippen LogP contribution is -2.02. The van der Waals surface area contributed by atoms with Crippen molar-refractivity contribution in [1.29, 1.82) is 0 Å². The maximum atomic E-state index is 5.79. The van der Waals surface area contributed by atoms with E-state index in [0.29, 0.717) is 6.54 Å². The van der Waals surface area contributed by atoms with Crippen molar-refractivity contribution in [2.75, 3.05) is 11.1 Å². The van der Waals surface area contributed by atoms with E-state index in [1.807, 2.05) is 42.6 Å². The fourth-order valence-corrected chi connectivity index (χ4v) is 2.03.